The van der Waals surface area contributed by atoms with Crippen LogP contribution in [-0.4, -0.2) is 28.9 Å². The van der Waals surface area contributed by atoms with Crippen molar-refractivity contribution in [2.75, 3.05) is 14.2 Å². The van der Waals surface area contributed by atoms with Crippen molar-refractivity contribution in [3.8, 4) is 34.3 Å². The molecule has 0 saturated carbocycles. The van der Waals surface area contributed by atoms with Gasteiger partial charge in [-0.2, -0.15) is 4.98 Å². The van der Waals surface area contributed by atoms with Gasteiger partial charge >= 0.3 is 0 Å². The van der Waals surface area contributed by atoms with Crippen LogP contribution in [0.15, 0.2) is 51.9 Å². The molecule has 0 aliphatic carbocycles. The van der Waals surface area contributed by atoms with E-state index in [0.29, 0.717) is 22.6 Å². The number of ether oxygens (including phenoxy) is 2. The van der Waals surface area contributed by atoms with Crippen LogP contribution in [0.1, 0.15) is 0 Å². The number of aromatic nitrogens is 3. The molecule has 2 aromatic carbocycles. The Kier molecular flexibility index (Phi) is 4.31. The Bertz CT molecular complexity index is 1220. The largest absolute Gasteiger partial charge is 0.497 e. The highest BCUT2D eigenvalue weighted by atomic mass is 19.1. The van der Waals surface area contributed by atoms with Crippen LogP contribution in [0.2, 0.25) is 0 Å². The molecule has 0 saturated heterocycles. The van der Waals surface area contributed by atoms with Gasteiger partial charge in [-0.3, -0.25) is 4.79 Å². The SMILES string of the molecule is COc1cc(OC)cc(-c2noc(-c3cn(C)c4ccc(F)cc4c3=O)n2)c1. The highest BCUT2D eigenvalue weighted by molar-refractivity contribution is 5.83. The van der Waals surface area contributed by atoms with Crippen LogP contribution in [0.3, 0.4) is 0 Å². The molecule has 4 aromatic rings. The normalized spacial score (nSPS) is 11.0. The van der Waals surface area contributed by atoms with E-state index in [9.17, 15) is 9.18 Å². The summed E-state index contributed by atoms with van der Waals surface area (Å²) in [7, 11) is 4.84. The van der Waals surface area contributed by atoms with Crippen molar-refractivity contribution in [3.63, 3.8) is 0 Å². The summed E-state index contributed by atoms with van der Waals surface area (Å²) >= 11 is 0. The number of rotatable bonds is 4. The van der Waals surface area contributed by atoms with Gasteiger partial charge in [0.05, 0.1) is 19.7 Å². The van der Waals surface area contributed by atoms with E-state index in [0.717, 1.165) is 0 Å². The fourth-order valence-electron chi connectivity index (χ4n) is 3.00. The smallest absolute Gasteiger partial charge is 0.263 e. The van der Waals surface area contributed by atoms with Crippen molar-refractivity contribution in [2.24, 2.45) is 7.05 Å². The summed E-state index contributed by atoms with van der Waals surface area (Å²) < 4.78 is 31.2. The fraction of sp³-hybridized carbons (Fsp3) is 0.150. The second kappa shape index (κ2) is 6.80. The number of hydrogen-bond acceptors (Lipinski definition) is 6. The van der Waals surface area contributed by atoms with E-state index in [1.807, 2.05) is 0 Å². The van der Waals surface area contributed by atoms with Gasteiger partial charge in [0.2, 0.25) is 11.3 Å². The molecule has 0 unspecified atom stereocenters. The topological polar surface area (TPSA) is 79.4 Å². The summed E-state index contributed by atoms with van der Waals surface area (Å²) in [6.45, 7) is 0. The fourth-order valence-corrected chi connectivity index (χ4v) is 3.00. The van der Waals surface area contributed by atoms with Gasteiger partial charge in [-0.05, 0) is 30.3 Å². The second-order valence-electron chi connectivity index (χ2n) is 6.17. The van der Waals surface area contributed by atoms with Gasteiger partial charge in [0.15, 0.2) is 0 Å². The van der Waals surface area contributed by atoms with E-state index in [1.165, 1.54) is 26.4 Å². The third-order valence-corrected chi connectivity index (χ3v) is 4.42. The summed E-state index contributed by atoms with van der Waals surface area (Å²) in [6.07, 6.45) is 1.59. The van der Waals surface area contributed by atoms with E-state index >= 15 is 0 Å². The Balaban J connectivity index is 1.84. The third-order valence-electron chi connectivity index (χ3n) is 4.42. The van der Waals surface area contributed by atoms with Gasteiger partial charge in [-0.1, -0.05) is 5.16 Å². The minimum Gasteiger partial charge on any atom is -0.497 e. The molecule has 2 aromatic heterocycles. The van der Waals surface area contributed by atoms with Gasteiger partial charge in [0.1, 0.15) is 22.9 Å². The number of halogens is 1. The van der Waals surface area contributed by atoms with E-state index in [4.69, 9.17) is 14.0 Å². The van der Waals surface area contributed by atoms with Crippen molar-refractivity contribution in [1.82, 2.24) is 14.7 Å². The Morgan fingerprint density at radius 1 is 1.07 bits per heavy atom. The number of nitrogens with zero attached hydrogens (tertiary/aromatic N) is 3. The Hall–Kier alpha value is -3.68. The Labute approximate surface area is 158 Å². The first-order chi connectivity index (χ1) is 13.5. The Morgan fingerprint density at radius 2 is 1.79 bits per heavy atom. The van der Waals surface area contributed by atoms with Crippen LogP contribution in [0, 0.1) is 5.82 Å². The summed E-state index contributed by atoms with van der Waals surface area (Å²) in [6, 6.07) is 9.24. The summed E-state index contributed by atoms with van der Waals surface area (Å²) in [5, 5.41) is 4.20. The number of aryl methyl sites for hydroxylation is 1. The maximum Gasteiger partial charge on any atom is 0.263 e. The number of pyridine rings is 1. The highest BCUT2D eigenvalue weighted by Crippen LogP contribution is 2.29. The average Bonchev–Trinajstić information content (AvgIpc) is 3.20. The predicted octanol–water partition coefficient (Wildman–Crippen LogP) is 3.41. The molecular weight excluding hydrogens is 365 g/mol. The lowest BCUT2D eigenvalue weighted by molar-refractivity contribution is 0.394. The first-order valence-corrected chi connectivity index (χ1v) is 8.36. The number of fused-ring (bicyclic) bond motifs is 1. The molecule has 7 nitrogen and oxygen atoms in total. The van der Waals surface area contributed by atoms with Gasteiger partial charge < -0.3 is 18.6 Å². The minimum atomic E-state index is -0.489. The molecule has 0 bridgehead atoms. The van der Waals surface area contributed by atoms with Crippen LogP contribution in [0.4, 0.5) is 4.39 Å². The zero-order chi connectivity index (χ0) is 19.8. The average molecular weight is 381 g/mol. The van der Waals surface area contributed by atoms with Crippen LogP contribution in [0.25, 0.3) is 33.7 Å². The lowest BCUT2D eigenvalue weighted by Gasteiger charge is -2.07. The molecule has 2 heterocycles. The molecule has 0 aliphatic heterocycles. The maximum atomic E-state index is 13.6. The molecule has 4 rings (SSSR count). The molecule has 28 heavy (non-hydrogen) atoms. The van der Waals surface area contributed by atoms with Crippen molar-refractivity contribution < 1.29 is 18.4 Å². The van der Waals surface area contributed by atoms with Crippen molar-refractivity contribution in [2.45, 2.75) is 0 Å². The van der Waals surface area contributed by atoms with Crippen LogP contribution in [0.5, 0.6) is 11.5 Å². The molecule has 8 heteroatoms. The van der Waals surface area contributed by atoms with Crippen LogP contribution >= 0.6 is 0 Å². The molecule has 0 atom stereocenters. The molecule has 0 radical (unpaired) electrons. The lowest BCUT2D eigenvalue weighted by atomic mass is 10.1. The lowest BCUT2D eigenvalue weighted by Crippen LogP contribution is -2.10. The minimum absolute atomic E-state index is 0.0450. The molecule has 0 amide bonds. The van der Waals surface area contributed by atoms with Crippen LogP contribution < -0.4 is 14.9 Å². The third kappa shape index (κ3) is 2.98. The Morgan fingerprint density at radius 3 is 2.46 bits per heavy atom. The predicted molar refractivity (Wildman–Crippen MR) is 101 cm³/mol. The summed E-state index contributed by atoms with van der Waals surface area (Å²) in [5.41, 5.74) is 1.02. The molecule has 0 N–H and O–H groups in total. The maximum absolute atomic E-state index is 13.6. The van der Waals surface area contributed by atoms with E-state index in [1.54, 1.807) is 42.1 Å². The van der Waals surface area contributed by atoms with E-state index < -0.39 is 5.82 Å². The number of benzene rings is 2. The first kappa shape index (κ1) is 17.7. The summed E-state index contributed by atoms with van der Waals surface area (Å²) in [4.78, 5) is 17.2. The second-order valence-corrected chi connectivity index (χ2v) is 6.17. The molecule has 0 spiro atoms. The van der Waals surface area contributed by atoms with Gasteiger partial charge in [0.25, 0.3) is 5.89 Å². The van der Waals surface area contributed by atoms with Gasteiger partial charge in [-0.15, -0.1) is 0 Å². The van der Waals surface area contributed by atoms with E-state index in [-0.39, 0.29) is 28.1 Å². The first-order valence-electron chi connectivity index (χ1n) is 8.36. The monoisotopic (exact) mass is 381 g/mol. The van der Waals surface area contributed by atoms with E-state index in [2.05, 4.69) is 10.1 Å². The zero-order valence-electron chi connectivity index (χ0n) is 15.4. The zero-order valence-corrected chi connectivity index (χ0v) is 15.4. The van der Waals surface area contributed by atoms with Gasteiger partial charge in [-0.25, -0.2) is 4.39 Å². The van der Waals surface area contributed by atoms with Gasteiger partial charge in [0, 0.05) is 30.3 Å². The van der Waals surface area contributed by atoms with Crippen molar-refractivity contribution in [3.05, 3.63) is 58.6 Å². The number of methoxy groups -OCH3 is 2. The molecule has 0 fully saturated rings. The molecule has 142 valence electrons. The van der Waals surface area contributed by atoms with Crippen molar-refractivity contribution >= 4 is 10.9 Å². The standard InChI is InChI=1S/C20H16FN3O4/c1-24-10-16(18(25)15-8-12(21)4-5-17(15)24)20-22-19(23-28-20)11-6-13(26-2)9-14(7-11)27-3/h4-10H,1-3H3. The number of hydrogen-bond donors (Lipinski definition) is 0. The molecular formula is C20H16FN3O4. The summed E-state index contributed by atoms with van der Waals surface area (Å²) in [5.74, 6) is 0.962. The quantitative estimate of drug-likeness (QED) is 0.539. The van der Waals surface area contributed by atoms with Crippen LogP contribution in [-0.2, 0) is 7.05 Å². The van der Waals surface area contributed by atoms with Crippen molar-refractivity contribution in [1.29, 1.82) is 0 Å². The highest BCUT2D eigenvalue weighted by Gasteiger charge is 2.18. The molecule has 0 aliphatic rings.